The molecule has 0 saturated heterocycles. The molecule has 0 bridgehead atoms. The van der Waals surface area contributed by atoms with Gasteiger partial charge in [-0.2, -0.15) is 0 Å². The quantitative estimate of drug-likeness (QED) is 0.919. The van der Waals surface area contributed by atoms with E-state index in [2.05, 4.69) is 9.97 Å². The SMILES string of the molecule is Cc1nc2c(c(=O)[nH]1)CCN(Cc1ccc(F)cc1F)C2. The molecule has 0 saturated carbocycles. The first-order valence-corrected chi connectivity index (χ1v) is 6.78. The van der Waals surface area contributed by atoms with E-state index in [9.17, 15) is 13.6 Å². The van der Waals surface area contributed by atoms with Gasteiger partial charge in [0.05, 0.1) is 5.69 Å². The zero-order valence-corrected chi connectivity index (χ0v) is 11.6. The molecule has 0 atom stereocenters. The zero-order valence-electron chi connectivity index (χ0n) is 11.6. The minimum atomic E-state index is -0.580. The molecule has 2 heterocycles. The number of hydrogen-bond donors (Lipinski definition) is 1. The summed E-state index contributed by atoms with van der Waals surface area (Å²) in [7, 11) is 0. The van der Waals surface area contributed by atoms with Crippen molar-refractivity contribution in [2.45, 2.75) is 26.4 Å². The number of fused-ring (bicyclic) bond motifs is 1. The Balaban J connectivity index is 1.82. The molecule has 1 aliphatic heterocycles. The van der Waals surface area contributed by atoms with Crippen LogP contribution in [0.3, 0.4) is 0 Å². The van der Waals surface area contributed by atoms with Crippen LogP contribution in [0.15, 0.2) is 23.0 Å². The van der Waals surface area contributed by atoms with E-state index in [4.69, 9.17) is 0 Å². The molecule has 1 aromatic carbocycles. The summed E-state index contributed by atoms with van der Waals surface area (Å²) in [5, 5.41) is 0. The molecule has 1 aliphatic rings. The van der Waals surface area contributed by atoms with E-state index >= 15 is 0 Å². The molecule has 0 radical (unpaired) electrons. The van der Waals surface area contributed by atoms with Gasteiger partial charge in [0.15, 0.2) is 0 Å². The first-order valence-electron chi connectivity index (χ1n) is 6.78. The van der Waals surface area contributed by atoms with Crippen LogP contribution < -0.4 is 5.56 Å². The monoisotopic (exact) mass is 291 g/mol. The van der Waals surface area contributed by atoms with E-state index in [0.29, 0.717) is 43.0 Å². The maximum atomic E-state index is 13.7. The lowest BCUT2D eigenvalue weighted by molar-refractivity contribution is 0.237. The third-order valence-corrected chi connectivity index (χ3v) is 3.68. The number of nitrogens with zero attached hydrogens (tertiary/aromatic N) is 2. The molecule has 4 nitrogen and oxygen atoms in total. The molecular formula is C15H15F2N3O. The third-order valence-electron chi connectivity index (χ3n) is 3.68. The number of hydrogen-bond acceptors (Lipinski definition) is 3. The number of aromatic amines is 1. The summed E-state index contributed by atoms with van der Waals surface area (Å²) in [5.41, 5.74) is 1.80. The van der Waals surface area contributed by atoms with Crippen molar-refractivity contribution >= 4 is 0 Å². The summed E-state index contributed by atoms with van der Waals surface area (Å²) in [6.45, 7) is 3.26. The fourth-order valence-electron chi connectivity index (χ4n) is 2.64. The van der Waals surface area contributed by atoms with E-state index in [1.165, 1.54) is 12.1 Å². The lowest BCUT2D eigenvalue weighted by Crippen LogP contribution is -2.35. The molecule has 2 aromatic rings. The number of aryl methyl sites for hydroxylation is 1. The normalized spacial score (nSPS) is 15.0. The number of H-pyrrole nitrogens is 1. The Kier molecular flexibility index (Phi) is 3.55. The highest BCUT2D eigenvalue weighted by Crippen LogP contribution is 2.18. The predicted octanol–water partition coefficient (Wildman–Crippen LogP) is 1.91. The minimum absolute atomic E-state index is 0.0925. The Labute approximate surface area is 120 Å². The van der Waals surface area contributed by atoms with E-state index in [1.54, 1.807) is 6.92 Å². The summed E-state index contributed by atoms with van der Waals surface area (Å²) < 4.78 is 26.6. The Hall–Kier alpha value is -2.08. The number of halogens is 2. The summed E-state index contributed by atoms with van der Waals surface area (Å²) in [6.07, 6.45) is 0.584. The maximum absolute atomic E-state index is 13.7. The highest BCUT2D eigenvalue weighted by atomic mass is 19.1. The van der Waals surface area contributed by atoms with Crippen molar-refractivity contribution in [2.24, 2.45) is 0 Å². The topological polar surface area (TPSA) is 49.0 Å². The summed E-state index contributed by atoms with van der Waals surface area (Å²) in [6, 6.07) is 3.60. The molecule has 110 valence electrons. The van der Waals surface area contributed by atoms with Gasteiger partial charge in [-0.1, -0.05) is 6.07 Å². The van der Waals surface area contributed by atoms with Crippen molar-refractivity contribution < 1.29 is 8.78 Å². The Morgan fingerprint density at radius 3 is 2.95 bits per heavy atom. The molecule has 0 amide bonds. The van der Waals surface area contributed by atoms with Crippen LogP contribution in [0.25, 0.3) is 0 Å². The highest BCUT2D eigenvalue weighted by Gasteiger charge is 2.21. The van der Waals surface area contributed by atoms with Gasteiger partial charge < -0.3 is 4.98 Å². The second kappa shape index (κ2) is 5.37. The predicted molar refractivity (Wildman–Crippen MR) is 73.8 cm³/mol. The number of rotatable bonds is 2. The van der Waals surface area contributed by atoms with E-state index in [0.717, 1.165) is 11.8 Å². The Morgan fingerprint density at radius 1 is 1.38 bits per heavy atom. The molecule has 1 N–H and O–H groups in total. The standard InChI is InChI=1S/C15H15F2N3O/c1-9-18-14-8-20(5-4-12(14)15(21)19-9)7-10-2-3-11(16)6-13(10)17/h2-3,6H,4-5,7-8H2,1H3,(H,18,19,21). The van der Waals surface area contributed by atoms with Crippen molar-refractivity contribution in [2.75, 3.05) is 6.54 Å². The average Bonchev–Trinajstić information content (AvgIpc) is 2.41. The van der Waals surface area contributed by atoms with Crippen LogP contribution in [0.5, 0.6) is 0 Å². The van der Waals surface area contributed by atoms with Crippen LogP contribution in [0.1, 0.15) is 22.6 Å². The van der Waals surface area contributed by atoms with Crippen molar-refractivity contribution in [3.05, 3.63) is 62.8 Å². The van der Waals surface area contributed by atoms with Gasteiger partial charge in [0, 0.05) is 36.8 Å². The average molecular weight is 291 g/mol. The van der Waals surface area contributed by atoms with Crippen LogP contribution >= 0.6 is 0 Å². The van der Waals surface area contributed by atoms with Crippen molar-refractivity contribution in [3.8, 4) is 0 Å². The largest absolute Gasteiger partial charge is 0.311 e. The molecule has 1 aromatic heterocycles. The van der Waals surface area contributed by atoms with E-state index in [1.807, 2.05) is 4.90 Å². The maximum Gasteiger partial charge on any atom is 0.254 e. The fourth-order valence-corrected chi connectivity index (χ4v) is 2.64. The molecule has 6 heteroatoms. The van der Waals surface area contributed by atoms with Crippen LogP contribution in [-0.2, 0) is 19.5 Å². The van der Waals surface area contributed by atoms with E-state index < -0.39 is 11.6 Å². The number of nitrogens with one attached hydrogen (secondary N) is 1. The molecule has 0 aliphatic carbocycles. The molecule has 0 fully saturated rings. The molecule has 0 unspecified atom stereocenters. The van der Waals surface area contributed by atoms with Gasteiger partial charge >= 0.3 is 0 Å². The van der Waals surface area contributed by atoms with Crippen molar-refractivity contribution in [1.29, 1.82) is 0 Å². The lowest BCUT2D eigenvalue weighted by Gasteiger charge is -2.27. The third kappa shape index (κ3) is 2.85. The first kappa shape index (κ1) is 13.9. The minimum Gasteiger partial charge on any atom is -0.311 e. The second-order valence-electron chi connectivity index (χ2n) is 5.27. The van der Waals surface area contributed by atoms with Crippen LogP contribution in [0, 0.1) is 18.6 Å². The highest BCUT2D eigenvalue weighted by molar-refractivity contribution is 5.22. The first-order chi connectivity index (χ1) is 10.0. The van der Waals surface area contributed by atoms with E-state index in [-0.39, 0.29) is 5.56 Å². The second-order valence-corrected chi connectivity index (χ2v) is 5.27. The van der Waals surface area contributed by atoms with Crippen molar-refractivity contribution in [1.82, 2.24) is 14.9 Å². The molecule has 0 spiro atoms. The summed E-state index contributed by atoms with van der Waals surface area (Å²) in [5.74, 6) is -0.548. The number of benzene rings is 1. The summed E-state index contributed by atoms with van der Waals surface area (Å²) >= 11 is 0. The van der Waals surface area contributed by atoms with Gasteiger partial charge in [0.25, 0.3) is 5.56 Å². The number of aromatic nitrogens is 2. The lowest BCUT2D eigenvalue weighted by atomic mass is 10.1. The Morgan fingerprint density at radius 2 is 2.19 bits per heavy atom. The van der Waals surface area contributed by atoms with Gasteiger partial charge in [0.2, 0.25) is 0 Å². The van der Waals surface area contributed by atoms with Crippen LogP contribution in [-0.4, -0.2) is 21.4 Å². The van der Waals surface area contributed by atoms with Gasteiger partial charge in [-0.25, -0.2) is 13.8 Å². The van der Waals surface area contributed by atoms with Gasteiger partial charge in [-0.15, -0.1) is 0 Å². The zero-order chi connectivity index (χ0) is 15.0. The van der Waals surface area contributed by atoms with Crippen molar-refractivity contribution in [3.63, 3.8) is 0 Å². The smallest absolute Gasteiger partial charge is 0.254 e. The Bertz CT molecular complexity index is 742. The van der Waals surface area contributed by atoms with Gasteiger partial charge in [-0.05, 0) is 19.4 Å². The van der Waals surface area contributed by atoms with Gasteiger partial charge in [-0.3, -0.25) is 9.69 Å². The van der Waals surface area contributed by atoms with Crippen LogP contribution in [0.4, 0.5) is 8.78 Å². The molecular weight excluding hydrogens is 276 g/mol. The fraction of sp³-hybridized carbons (Fsp3) is 0.333. The van der Waals surface area contributed by atoms with Crippen LogP contribution in [0.2, 0.25) is 0 Å². The molecule has 21 heavy (non-hydrogen) atoms. The summed E-state index contributed by atoms with van der Waals surface area (Å²) in [4.78, 5) is 20.9. The molecule has 3 rings (SSSR count). The van der Waals surface area contributed by atoms with Gasteiger partial charge in [0.1, 0.15) is 17.5 Å².